The summed E-state index contributed by atoms with van der Waals surface area (Å²) in [4.78, 5) is 41.3. The van der Waals surface area contributed by atoms with Crippen molar-refractivity contribution in [1.82, 2.24) is 23.7 Å². The van der Waals surface area contributed by atoms with Crippen molar-refractivity contribution in [2.45, 2.75) is 33.0 Å². The van der Waals surface area contributed by atoms with Crippen LogP contribution in [0.3, 0.4) is 0 Å². The lowest BCUT2D eigenvalue weighted by atomic mass is 10.1. The number of nitrogens with zero attached hydrogens (tertiary/aromatic N) is 6. The van der Waals surface area contributed by atoms with Crippen LogP contribution < -0.4 is 20.7 Å². The highest BCUT2D eigenvalue weighted by Gasteiger charge is 2.33. The Morgan fingerprint density at radius 1 is 1.18 bits per heavy atom. The van der Waals surface area contributed by atoms with Crippen LogP contribution >= 0.6 is 0 Å². The molecule has 0 N–H and O–H groups in total. The summed E-state index contributed by atoms with van der Waals surface area (Å²) < 4.78 is 21.1. The number of ether oxygens (including phenoxy) is 3. The Morgan fingerprint density at radius 3 is 2.62 bits per heavy atom. The Hall–Kier alpha value is -4.09. The van der Waals surface area contributed by atoms with Crippen molar-refractivity contribution < 1.29 is 19.0 Å². The number of hydrazone groups is 1. The van der Waals surface area contributed by atoms with Gasteiger partial charge in [0.1, 0.15) is 12.2 Å². The summed E-state index contributed by atoms with van der Waals surface area (Å²) in [5.41, 5.74) is 0.152. The smallest absolute Gasteiger partial charge is 0.332 e. The normalized spacial score (nSPS) is 15.4. The van der Waals surface area contributed by atoms with Gasteiger partial charge in [-0.2, -0.15) is 5.01 Å². The van der Waals surface area contributed by atoms with Gasteiger partial charge in [0.05, 0.1) is 20.0 Å². The molecule has 12 nitrogen and oxygen atoms in total. The van der Waals surface area contributed by atoms with Crippen LogP contribution in [-0.4, -0.2) is 49.2 Å². The molecule has 12 heteroatoms. The van der Waals surface area contributed by atoms with Gasteiger partial charge in [0.25, 0.3) is 5.56 Å². The first-order valence-corrected chi connectivity index (χ1v) is 10.7. The number of hydrogen-bond acceptors (Lipinski definition) is 8. The predicted molar refractivity (Wildman–Crippen MR) is 123 cm³/mol. The summed E-state index contributed by atoms with van der Waals surface area (Å²) in [7, 11) is 4.49. The summed E-state index contributed by atoms with van der Waals surface area (Å²) in [6.07, 6.45) is 1.48. The number of benzene rings is 1. The Labute approximate surface area is 194 Å². The van der Waals surface area contributed by atoms with Gasteiger partial charge in [0.15, 0.2) is 17.0 Å². The van der Waals surface area contributed by atoms with Crippen LogP contribution in [0.25, 0.3) is 11.2 Å². The monoisotopic (exact) mass is 470 g/mol. The maximum Gasteiger partial charge on any atom is 0.332 e. The minimum atomic E-state index is -0.812. The summed E-state index contributed by atoms with van der Waals surface area (Å²) in [6.45, 7) is 4.01. The number of imidazole rings is 1. The molecule has 0 radical (unpaired) electrons. The number of methoxy groups -OCH3 is 1. The molecule has 0 fully saturated rings. The van der Waals surface area contributed by atoms with E-state index in [1.54, 1.807) is 29.8 Å². The quantitative estimate of drug-likeness (QED) is 0.507. The number of amides is 1. The fraction of sp³-hybridized carbons (Fsp3) is 0.409. The van der Waals surface area contributed by atoms with Crippen LogP contribution in [0, 0.1) is 0 Å². The van der Waals surface area contributed by atoms with Crippen molar-refractivity contribution in [3.05, 3.63) is 50.9 Å². The van der Waals surface area contributed by atoms with Gasteiger partial charge in [-0.15, -0.1) is 5.10 Å². The van der Waals surface area contributed by atoms with Crippen molar-refractivity contribution in [3.63, 3.8) is 0 Å². The maximum atomic E-state index is 12.4. The van der Waals surface area contributed by atoms with Gasteiger partial charge in [0, 0.05) is 26.6 Å². The van der Waals surface area contributed by atoms with Gasteiger partial charge in [-0.25, -0.2) is 9.78 Å². The Morgan fingerprint density at radius 2 is 1.94 bits per heavy atom. The Bertz CT molecular complexity index is 1400. The molecular weight excluding hydrogens is 444 g/mol. The SMILES string of the molecule is CCCOc1ccc(C2OC(Cn3cnc4c(=O)n(C)c(=O)n(C)c43)=NN2C(C)=O)cc1OC. The van der Waals surface area contributed by atoms with Crippen LogP contribution in [0.15, 0.2) is 39.2 Å². The van der Waals surface area contributed by atoms with Crippen molar-refractivity contribution in [2.24, 2.45) is 19.2 Å². The van der Waals surface area contributed by atoms with Gasteiger partial charge in [-0.05, 0) is 24.6 Å². The zero-order valence-corrected chi connectivity index (χ0v) is 19.6. The lowest BCUT2D eigenvalue weighted by Crippen LogP contribution is -2.37. The fourth-order valence-electron chi connectivity index (χ4n) is 3.76. The van der Waals surface area contributed by atoms with Crippen molar-refractivity contribution in [3.8, 4) is 11.5 Å². The number of fused-ring (bicyclic) bond motifs is 1. The third-order valence-corrected chi connectivity index (χ3v) is 5.46. The van der Waals surface area contributed by atoms with Crippen LogP contribution in [-0.2, 0) is 30.2 Å². The van der Waals surface area contributed by atoms with Gasteiger partial charge in [-0.3, -0.25) is 18.7 Å². The third-order valence-electron chi connectivity index (χ3n) is 5.46. The molecule has 1 atom stereocenters. The molecule has 1 aliphatic heterocycles. The second-order valence-electron chi connectivity index (χ2n) is 7.84. The number of carbonyl (C=O) groups is 1. The second-order valence-corrected chi connectivity index (χ2v) is 7.84. The molecule has 4 rings (SSSR count). The van der Waals surface area contributed by atoms with Gasteiger partial charge < -0.3 is 18.8 Å². The fourth-order valence-corrected chi connectivity index (χ4v) is 3.76. The van der Waals surface area contributed by atoms with E-state index >= 15 is 0 Å². The summed E-state index contributed by atoms with van der Waals surface area (Å²) in [5, 5.41) is 5.56. The first kappa shape index (κ1) is 23.1. The summed E-state index contributed by atoms with van der Waals surface area (Å²) in [5.74, 6) is 1.01. The number of carbonyl (C=O) groups excluding carboxylic acids is 1. The van der Waals surface area contributed by atoms with E-state index in [0.29, 0.717) is 29.3 Å². The van der Waals surface area contributed by atoms with Gasteiger partial charge >= 0.3 is 5.69 Å². The highest BCUT2D eigenvalue weighted by atomic mass is 16.5. The molecular formula is C22H26N6O6. The molecule has 0 saturated heterocycles. The molecule has 1 aromatic carbocycles. The van der Waals surface area contributed by atoms with Crippen LogP contribution in [0.2, 0.25) is 0 Å². The Balaban J connectivity index is 1.66. The van der Waals surface area contributed by atoms with Crippen LogP contribution in [0.1, 0.15) is 32.1 Å². The predicted octanol–water partition coefficient (Wildman–Crippen LogP) is 1.12. The van der Waals surface area contributed by atoms with E-state index in [-0.39, 0.29) is 23.9 Å². The first-order valence-electron chi connectivity index (χ1n) is 10.7. The third kappa shape index (κ3) is 3.91. The zero-order valence-electron chi connectivity index (χ0n) is 19.6. The molecule has 34 heavy (non-hydrogen) atoms. The zero-order chi connectivity index (χ0) is 24.6. The van der Waals surface area contributed by atoms with Crippen molar-refractivity contribution >= 4 is 23.0 Å². The van der Waals surface area contributed by atoms with E-state index in [1.165, 1.54) is 37.0 Å². The molecule has 0 aliphatic carbocycles. The van der Waals surface area contributed by atoms with Crippen LogP contribution in [0.4, 0.5) is 0 Å². The molecule has 0 saturated carbocycles. The molecule has 1 amide bonds. The second kappa shape index (κ2) is 9.04. The molecule has 180 valence electrons. The van der Waals surface area contributed by atoms with E-state index in [2.05, 4.69) is 10.1 Å². The molecule has 0 bridgehead atoms. The number of aryl methyl sites for hydroxylation is 1. The van der Waals surface area contributed by atoms with E-state index < -0.39 is 17.5 Å². The standard InChI is InChI=1S/C22H26N6O6/c1-6-9-33-15-8-7-14(10-16(15)32-5)21-28(13(2)29)24-17(34-21)11-27-12-23-18-19(27)25(3)22(31)26(4)20(18)30/h7-8,10,12,21H,6,9,11H2,1-5H3. The lowest BCUT2D eigenvalue weighted by Gasteiger charge is -2.20. The van der Waals surface area contributed by atoms with E-state index in [9.17, 15) is 14.4 Å². The minimum absolute atomic E-state index is 0.0616. The Kier molecular flexibility index (Phi) is 6.14. The van der Waals surface area contributed by atoms with Crippen LogP contribution in [0.5, 0.6) is 11.5 Å². The largest absolute Gasteiger partial charge is 0.493 e. The lowest BCUT2D eigenvalue weighted by molar-refractivity contribution is -0.135. The molecule has 2 aromatic heterocycles. The number of hydrogen-bond donors (Lipinski definition) is 0. The molecule has 1 aliphatic rings. The molecule has 3 aromatic rings. The first-order chi connectivity index (χ1) is 16.3. The van der Waals surface area contributed by atoms with E-state index in [4.69, 9.17) is 14.2 Å². The highest BCUT2D eigenvalue weighted by Crippen LogP contribution is 2.35. The van der Waals surface area contributed by atoms with E-state index in [0.717, 1.165) is 11.0 Å². The molecule has 0 spiro atoms. The molecule has 3 heterocycles. The minimum Gasteiger partial charge on any atom is -0.493 e. The van der Waals surface area contributed by atoms with Crippen molar-refractivity contribution in [2.75, 3.05) is 13.7 Å². The van der Waals surface area contributed by atoms with E-state index in [1.807, 2.05) is 6.92 Å². The number of aromatic nitrogens is 4. The molecule has 1 unspecified atom stereocenters. The van der Waals surface area contributed by atoms with Crippen molar-refractivity contribution in [1.29, 1.82) is 0 Å². The average molecular weight is 470 g/mol. The average Bonchev–Trinajstić information content (AvgIpc) is 3.45. The summed E-state index contributed by atoms with van der Waals surface area (Å²) >= 11 is 0. The van der Waals surface area contributed by atoms with Gasteiger partial charge in [0.2, 0.25) is 18.0 Å². The maximum absolute atomic E-state index is 12.4. The topological polar surface area (TPSA) is 122 Å². The van der Waals surface area contributed by atoms with Gasteiger partial charge in [-0.1, -0.05) is 6.92 Å². The number of rotatable bonds is 7. The highest BCUT2D eigenvalue weighted by molar-refractivity contribution is 5.83. The summed E-state index contributed by atoms with van der Waals surface area (Å²) in [6, 6.07) is 5.29.